The number of rotatable bonds is 4. The summed E-state index contributed by atoms with van der Waals surface area (Å²) in [5.41, 5.74) is 2.59. The van der Waals surface area contributed by atoms with Gasteiger partial charge in [0.25, 0.3) is 0 Å². The van der Waals surface area contributed by atoms with Crippen molar-refractivity contribution in [2.24, 2.45) is 0 Å². The van der Waals surface area contributed by atoms with Crippen molar-refractivity contribution >= 4 is 0 Å². The van der Waals surface area contributed by atoms with Gasteiger partial charge in [-0.3, -0.25) is 0 Å². The van der Waals surface area contributed by atoms with Gasteiger partial charge in [0, 0.05) is 17.7 Å². The van der Waals surface area contributed by atoms with E-state index in [2.05, 4.69) is 12.1 Å². The third-order valence-corrected chi connectivity index (χ3v) is 3.56. The minimum absolute atomic E-state index is 0.175. The SMILES string of the molecule is OCCCc1ccccc1.Oc1ccccc1-c1ccccc1O. The quantitative estimate of drug-likeness (QED) is 0.668. The number of hydrogen-bond acceptors (Lipinski definition) is 3. The van der Waals surface area contributed by atoms with Crippen LogP contribution in [0.1, 0.15) is 12.0 Å². The summed E-state index contributed by atoms with van der Waals surface area (Å²) in [5, 5.41) is 27.7. The molecule has 3 nitrogen and oxygen atoms in total. The molecule has 0 aromatic heterocycles. The molecule has 0 unspecified atom stereocenters. The van der Waals surface area contributed by atoms with Crippen molar-refractivity contribution in [2.45, 2.75) is 12.8 Å². The Bertz CT molecular complexity index is 695. The molecule has 0 atom stereocenters. The smallest absolute Gasteiger partial charge is 0.123 e. The lowest BCUT2D eigenvalue weighted by Crippen LogP contribution is -1.87. The highest BCUT2D eigenvalue weighted by molar-refractivity contribution is 5.74. The molecule has 0 aliphatic rings. The standard InChI is InChI=1S/C12H10O2.C9H12O/c13-11-7-3-1-5-9(11)10-6-2-4-8-12(10)14;10-8-4-7-9-5-2-1-3-6-9/h1-8,13-14H;1-3,5-6,10H,4,7-8H2. The summed E-state index contributed by atoms with van der Waals surface area (Å²) >= 11 is 0. The second-order valence-corrected chi connectivity index (χ2v) is 5.35. The van der Waals surface area contributed by atoms with E-state index in [0.29, 0.717) is 11.1 Å². The first kappa shape index (κ1) is 17.6. The van der Waals surface area contributed by atoms with Crippen LogP contribution in [0.3, 0.4) is 0 Å². The molecule has 124 valence electrons. The number of aliphatic hydroxyl groups excluding tert-OH is 1. The minimum atomic E-state index is 0.175. The monoisotopic (exact) mass is 322 g/mol. The van der Waals surface area contributed by atoms with Crippen molar-refractivity contribution in [3.05, 3.63) is 84.4 Å². The van der Waals surface area contributed by atoms with Gasteiger partial charge < -0.3 is 15.3 Å². The van der Waals surface area contributed by atoms with Gasteiger partial charge >= 0.3 is 0 Å². The Hall–Kier alpha value is -2.78. The van der Waals surface area contributed by atoms with Gasteiger partial charge in [-0.25, -0.2) is 0 Å². The molecule has 3 rings (SSSR count). The van der Waals surface area contributed by atoms with Gasteiger partial charge in [-0.1, -0.05) is 66.7 Å². The highest BCUT2D eigenvalue weighted by atomic mass is 16.3. The predicted molar refractivity (Wildman–Crippen MR) is 97.1 cm³/mol. The van der Waals surface area contributed by atoms with E-state index >= 15 is 0 Å². The Kier molecular flexibility index (Phi) is 6.87. The van der Waals surface area contributed by atoms with Crippen molar-refractivity contribution in [1.29, 1.82) is 0 Å². The molecule has 24 heavy (non-hydrogen) atoms. The summed E-state index contributed by atoms with van der Waals surface area (Å²) in [6.07, 6.45) is 1.85. The van der Waals surface area contributed by atoms with Gasteiger partial charge in [0.05, 0.1) is 0 Å². The molecule has 0 amide bonds. The summed E-state index contributed by atoms with van der Waals surface area (Å²) in [4.78, 5) is 0. The lowest BCUT2D eigenvalue weighted by molar-refractivity contribution is 0.288. The number of phenols is 2. The lowest BCUT2D eigenvalue weighted by atomic mass is 10.0. The molecular formula is C21H22O3. The zero-order chi connectivity index (χ0) is 17.2. The Morgan fingerprint density at radius 3 is 1.50 bits per heavy atom. The molecule has 0 saturated heterocycles. The minimum Gasteiger partial charge on any atom is -0.507 e. The number of para-hydroxylation sites is 2. The molecular weight excluding hydrogens is 300 g/mol. The molecule has 3 aromatic rings. The zero-order valence-electron chi connectivity index (χ0n) is 13.5. The van der Waals surface area contributed by atoms with Gasteiger partial charge in [0.15, 0.2) is 0 Å². The molecule has 0 spiro atoms. The number of aromatic hydroxyl groups is 2. The molecule has 0 aliphatic carbocycles. The number of aryl methyl sites for hydroxylation is 1. The van der Waals surface area contributed by atoms with E-state index in [4.69, 9.17) is 5.11 Å². The van der Waals surface area contributed by atoms with Gasteiger partial charge in [-0.05, 0) is 30.5 Å². The normalized spacial score (nSPS) is 9.88. The van der Waals surface area contributed by atoms with Gasteiger partial charge in [-0.15, -0.1) is 0 Å². The third-order valence-electron chi connectivity index (χ3n) is 3.56. The lowest BCUT2D eigenvalue weighted by Gasteiger charge is -2.05. The fraction of sp³-hybridized carbons (Fsp3) is 0.143. The van der Waals surface area contributed by atoms with E-state index < -0.39 is 0 Å². The van der Waals surface area contributed by atoms with Crippen LogP contribution in [0.2, 0.25) is 0 Å². The van der Waals surface area contributed by atoms with E-state index in [9.17, 15) is 10.2 Å². The van der Waals surface area contributed by atoms with Crippen LogP contribution >= 0.6 is 0 Å². The second kappa shape index (κ2) is 9.38. The maximum atomic E-state index is 9.58. The highest BCUT2D eigenvalue weighted by Crippen LogP contribution is 2.34. The predicted octanol–water partition coefficient (Wildman–Crippen LogP) is 4.38. The van der Waals surface area contributed by atoms with Crippen LogP contribution in [-0.4, -0.2) is 21.9 Å². The van der Waals surface area contributed by atoms with Crippen molar-refractivity contribution in [3.8, 4) is 22.6 Å². The molecule has 0 radical (unpaired) electrons. The first-order valence-corrected chi connectivity index (χ1v) is 7.93. The number of phenolic OH excluding ortho intramolecular Hbond substituents is 2. The van der Waals surface area contributed by atoms with E-state index in [1.807, 2.05) is 30.3 Å². The van der Waals surface area contributed by atoms with Crippen molar-refractivity contribution < 1.29 is 15.3 Å². The Morgan fingerprint density at radius 2 is 1.04 bits per heavy atom. The zero-order valence-corrected chi connectivity index (χ0v) is 13.5. The van der Waals surface area contributed by atoms with Crippen LogP contribution in [0.5, 0.6) is 11.5 Å². The van der Waals surface area contributed by atoms with Crippen molar-refractivity contribution in [2.75, 3.05) is 6.61 Å². The average Bonchev–Trinajstić information content (AvgIpc) is 2.63. The molecule has 0 heterocycles. The molecule has 3 aromatic carbocycles. The molecule has 3 heteroatoms. The van der Waals surface area contributed by atoms with E-state index in [-0.39, 0.29) is 18.1 Å². The fourth-order valence-electron chi connectivity index (χ4n) is 2.33. The van der Waals surface area contributed by atoms with Gasteiger partial charge in [-0.2, -0.15) is 0 Å². The summed E-state index contributed by atoms with van der Waals surface area (Å²) in [7, 11) is 0. The van der Waals surface area contributed by atoms with Crippen LogP contribution in [0, 0.1) is 0 Å². The Labute approximate surface area is 142 Å². The van der Waals surface area contributed by atoms with Gasteiger partial charge in [0.1, 0.15) is 11.5 Å². The van der Waals surface area contributed by atoms with Crippen LogP contribution in [0.4, 0.5) is 0 Å². The average molecular weight is 322 g/mol. The highest BCUT2D eigenvalue weighted by Gasteiger charge is 2.06. The van der Waals surface area contributed by atoms with E-state index in [0.717, 1.165) is 12.8 Å². The summed E-state index contributed by atoms with van der Waals surface area (Å²) in [5.74, 6) is 0.350. The summed E-state index contributed by atoms with van der Waals surface area (Å²) < 4.78 is 0. The fourth-order valence-corrected chi connectivity index (χ4v) is 2.33. The van der Waals surface area contributed by atoms with Crippen LogP contribution < -0.4 is 0 Å². The molecule has 0 saturated carbocycles. The van der Waals surface area contributed by atoms with Gasteiger partial charge in [0.2, 0.25) is 0 Å². The van der Waals surface area contributed by atoms with Crippen molar-refractivity contribution in [3.63, 3.8) is 0 Å². The Balaban J connectivity index is 0.000000185. The number of benzene rings is 3. The number of aliphatic hydroxyl groups is 1. The first-order chi connectivity index (χ1) is 11.7. The molecule has 0 bridgehead atoms. The summed E-state index contributed by atoms with van der Waals surface area (Å²) in [6.45, 7) is 0.287. The molecule has 0 aliphatic heterocycles. The van der Waals surface area contributed by atoms with Crippen LogP contribution in [-0.2, 0) is 6.42 Å². The molecule has 3 N–H and O–H groups in total. The maximum Gasteiger partial charge on any atom is 0.123 e. The third kappa shape index (κ3) is 5.14. The topological polar surface area (TPSA) is 60.7 Å². The Morgan fingerprint density at radius 1 is 0.583 bits per heavy atom. The van der Waals surface area contributed by atoms with Crippen molar-refractivity contribution in [1.82, 2.24) is 0 Å². The van der Waals surface area contributed by atoms with E-state index in [1.165, 1.54) is 5.56 Å². The van der Waals surface area contributed by atoms with Crippen LogP contribution in [0.25, 0.3) is 11.1 Å². The maximum absolute atomic E-state index is 9.58. The first-order valence-electron chi connectivity index (χ1n) is 7.93. The van der Waals surface area contributed by atoms with Crippen LogP contribution in [0.15, 0.2) is 78.9 Å². The van der Waals surface area contributed by atoms with E-state index in [1.54, 1.807) is 36.4 Å². The largest absolute Gasteiger partial charge is 0.507 e. The number of hydrogen-bond donors (Lipinski definition) is 3. The molecule has 0 fully saturated rings. The summed E-state index contributed by atoms with van der Waals surface area (Å²) in [6, 6.07) is 24.1. The second-order valence-electron chi connectivity index (χ2n) is 5.35.